The van der Waals surface area contributed by atoms with Crippen molar-refractivity contribution in [3.63, 3.8) is 0 Å². The molecular formula is C26H37NOS. The summed E-state index contributed by atoms with van der Waals surface area (Å²) in [5.74, 6) is 2.08. The molecule has 1 heterocycles. The first kappa shape index (κ1) is 23.4. The van der Waals surface area contributed by atoms with Crippen molar-refractivity contribution >= 4 is 17.3 Å². The SMILES string of the molecule is CS/C(C)=C/C=C(/c1ccc(C)n1CCOc1ccc(CC(C)C)cc1)C(C)C. The summed E-state index contributed by atoms with van der Waals surface area (Å²) in [6, 6.07) is 13.0. The first-order valence-corrected chi connectivity index (χ1v) is 11.8. The van der Waals surface area contributed by atoms with Crippen LogP contribution in [0.15, 0.2) is 53.5 Å². The lowest BCUT2D eigenvalue weighted by atomic mass is 9.99. The number of allylic oxidation sites excluding steroid dienone is 4. The molecule has 0 aliphatic heterocycles. The molecule has 0 atom stereocenters. The van der Waals surface area contributed by atoms with E-state index in [1.54, 1.807) is 11.8 Å². The minimum absolute atomic E-state index is 0.461. The minimum atomic E-state index is 0.461. The van der Waals surface area contributed by atoms with Crippen LogP contribution in [0, 0.1) is 18.8 Å². The van der Waals surface area contributed by atoms with Gasteiger partial charge in [-0.25, -0.2) is 0 Å². The van der Waals surface area contributed by atoms with Crippen LogP contribution in [-0.4, -0.2) is 17.4 Å². The summed E-state index contributed by atoms with van der Waals surface area (Å²) in [5, 5.41) is 0. The number of benzene rings is 1. The smallest absolute Gasteiger partial charge is 0.119 e. The second kappa shape index (κ2) is 11.3. The molecule has 29 heavy (non-hydrogen) atoms. The summed E-state index contributed by atoms with van der Waals surface area (Å²) in [4.78, 5) is 1.32. The zero-order valence-electron chi connectivity index (χ0n) is 19.2. The fourth-order valence-electron chi connectivity index (χ4n) is 3.42. The van der Waals surface area contributed by atoms with Gasteiger partial charge in [0.2, 0.25) is 0 Å². The van der Waals surface area contributed by atoms with Gasteiger partial charge in [-0.15, -0.1) is 11.8 Å². The quantitative estimate of drug-likeness (QED) is 0.379. The van der Waals surface area contributed by atoms with Crippen molar-refractivity contribution in [1.82, 2.24) is 4.57 Å². The Kier molecular flexibility index (Phi) is 9.16. The molecule has 1 aromatic carbocycles. The van der Waals surface area contributed by atoms with Crippen LogP contribution in [-0.2, 0) is 13.0 Å². The molecular weight excluding hydrogens is 374 g/mol. The molecule has 0 fully saturated rings. The van der Waals surface area contributed by atoms with Gasteiger partial charge >= 0.3 is 0 Å². The highest BCUT2D eigenvalue weighted by Gasteiger charge is 2.13. The highest BCUT2D eigenvalue weighted by molar-refractivity contribution is 8.02. The van der Waals surface area contributed by atoms with Crippen LogP contribution in [0.3, 0.4) is 0 Å². The molecule has 0 spiro atoms. The highest BCUT2D eigenvalue weighted by atomic mass is 32.2. The molecule has 0 bridgehead atoms. The molecule has 0 amide bonds. The van der Waals surface area contributed by atoms with Gasteiger partial charge in [0.1, 0.15) is 12.4 Å². The van der Waals surface area contributed by atoms with E-state index in [1.165, 1.54) is 27.4 Å². The maximum absolute atomic E-state index is 6.05. The van der Waals surface area contributed by atoms with Gasteiger partial charge in [-0.1, -0.05) is 52.0 Å². The maximum Gasteiger partial charge on any atom is 0.119 e. The van der Waals surface area contributed by atoms with Crippen LogP contribution in [0.4, 0.5) is 0 Å². The number of hydrogen-bond donors (Lipinski definition) is 0. The summed E-state index contributed by atoms with van der Waals surface area (Å²) in [5.41, 5.74) is 5.30. The first-order chi connectivity index (χ1) is 13.8. The van der Waals surface area contributed by atoms with Crippen LogP contribution >= 0.6 is 11.8 Å². The summed E-state index contributed by atoms with van der Waals surface area (Å²) in [7, 11) is 0. The Hall–Kier alpha value is -1.87. The first-order valence-electron chi connectivity index (χ1n) is 10.6. The molecule has 0 unspecified atom stereocenters. The normalized spacial score (nSPS) is 12.9. The van der Waals surface area contributed by atoms with Crippen molar-refractivity contribution in [2.75, 3.05) is 12.9 Å². The fraction of sp³-hybridized carbons (Fsp3) is 0.462. The number of aromatic nitrogens is 1. The maximum atomic E-state index is 6.05. The van der Waals surface area contributed by atoms with Crippen LogP contribution < -0.4 is 4.74 Å². The van der Waals surface area contributed by atoms with E-state index >= 15 is 0 Å². The van der Waals surface area contributed by atoms with E-state index in [-0.39, 0.29) is 0 Å². The number of ether oxygens (including phenoxy) is 1. The van der Waals surface area contributed by atoms with Crippen molar-refractivity contribution in [2.45, 2.75) is 54.5 Å². The second-order valence-electron chi connectivity index (χ2n) is 8.36. The topological polar surface area (TPSA) is 14.2 Å². The summed E-state index contributed by atoms with van der Waals surface area (Å²) in [6.07, 6.45) is 7.73. The van der Waals surface area contributed by atoms with Crippen molar-refractivity contribution < 1.29 is 4.74 Å². The number of hydrogen-bond acceptors (Lipinski definition) is 2. The zero-order chi connectivity index (χ0) is 21.4. The molecule has 0 saturated heterocycles. The third-order valence-corrected chi connectivity index (χ3v) is 5.87. The molecule has 3 heteroatoms. The Morgan fingerprint density at radius 2 is 1.72 bits per heavy atom. The van der Waals surface area contributed by atoms with E-state index in [9.17, 15) is 0 Å². The number of thioether (sulfide) groups is 1. The molecule has 0 saturated carbocycles. The van der Waals surface area contributed by atoms with Gasteiger partial charge in [0.25, 0.3) is 0 Å². The third kappa shape index (κ3) is 7.15. The molecule has 2 rings (SSSR count). The molecule has 0 aliphatic rings. The predicted octanol–water partition coefficient (Wildman–Crippen LogP) is 7.38. The molecule has 0 aliphatic carbocycles. The molecule has 0 radical (unpaired) electrons. The van der Waals surface area contributed by atoms with E-state index in [0.29, 0.717) is 18.4 Å². The van der Waals surface area contributed by atoms with Gasteiger partial charge in [-0.05, 0) is 78.7 Å². The molecule has 0 N–H and O–H groups in total. The summed E-state index contributed by atoms with van der Waals surface area (Å²) >= 11 is 1.79. The Balaban J connectivity index is 2.09. The third-order valence-electron chi connectivity index (χ3n) is 5.09. The zero-order valence-corrected chi connectivity index (χ0v) is 20.0. The van der Waals surface area contributed by atoms with Gasteiger partial charge in [0.15, 0.2) is 0 Å². The lowest BCUT2D eigenvalue weighted by molar-refractivity contribution is 0.296. The highest BCUT2D eigenvalue weighted by Crippen LogP contribution is 2.26. The van der Waals surface area contributed by atoms with E-state index in [1.807, 2.05) is 0 Å². The van der Waals surface area contributed by atoms with Gasteiger partial charge in [0, 0.05) is 11.4 Å². The Morgan fingerprint density at radius 3 is 2.31 bits per heavy atom. The molecule has 158 valence electrons. The lowest BCUT2D eigenvalue weighted by Gasteiger charge is -2.17. The second-order valence-corrected chi connectivity index (χ2v) is 9.41. The molecule has 2 aromatic rings. The average molecular weight is 412 g/mol. The van der Waals surface area contributed by atoms with Gasteiger partial charge in [-0.3, -0.25) is 0 Å². The number of rotatable bonds is 10. The number of aryl methyl sites for hydroxylation is 1. The van der Waals surface area contributed by atoms with Crippen molar-refractivity contribution in [3.8, 4) is 5.75 Å². The summed E-state index contributed by atoms with van der Waals surface area (Å²) < 4.78 is 8.43. The predicted molar refractivity (Wildman–Crippen MR) is 130 cm³/mol. The van der Waals surface area contributed by atoms with Crippen LogP contribution in [0.25, 0.3) is 5.57 Å². The van der Waals surface area contributed by atoms with E-state index in [0.717, 1.165) is 18.7 Å². The standard InChI is InChI=1S/C26H37NOS/c1-19(2)18-23-10-12-24(13-11-23)28-17-16-27-21(5)8-15-26(27)25(20(3)4)14-9-22(6)29-7/h8-15,19-20H,16-18H2,1-7H3/b22-9+,25-14+. The fourth-order valence-corrected chi connectivity index (χ4v) is 3.62. The van der Waals surface area contributed by atoms with Crippen LogP contribution in [0.5, 0.6) is 5.75 Å². The van der Waals surface area contributed by atoms with Crippen molar-refractivity contribution in [3.05, 3.63) is 70.4 Å². The Labute approximate surface area is 182 Å². The van der Waals surface area contributed by atoms with Gasteiger partial charge in [-0.2, -0.15) is 0 Å². The monoisotopic (exact) mass is 411 g/mol. The van der Waals surface area contributed by atoms with Crippen LogP contribution in [0.2, 0.25) is 0 Å². The van der Waals surface area contributed by atoms with Crippen LogP contribution in [0.1, 0.15) is 51.6 Å². The Bertz CT molecular complexity index is 825. The van der Waals surface area contributed by atoms with E-state index < -0.39 is 0 Å². The summed E-state index contributed by atoms with van der Waals surface area (Å²) in [6.45, 7) is 14.9. The number of nitrogens with zero attached hydrogens (tertiary/aromatic N) is 1. The minimum Gasteiger partial charge on any atom is -0.492 e. The molecule has 1 aromatic heterocycles. The lowest BCUT2D eigenvalue weighted by Crippen LogP contribution is -2.13. The van der Waals surface area contributed by atoms with E-state index in [4.69, 9.17) is 4.74 Å². The van der Waals surface area contributed by atoms with E-state index in [2.05, 4.69) is 101 Å². The van der Waals surface area contributed by atoms with Gasteiger partial charge < -0.3 is 9.30 Å². The Morgan fingerprint density at radius 1 is 1.03 bits per heavy atom. The van der Waals surface area contributed by atoms with Crippen molar-refractivity contribution in [2.24, 2.45) is 11.8 Å². The molecule has 2 nitrogen and oxygen atoms in total. The average Bonchev–Trinajstić information content (AvgIpc) is 3.03. The largest absolute Gasteiger partial charge is 0.492 e. The van der Waals surface area contributed by atoms with Gasteiger partial charge in [0.05, 0.1) is 6.54 Å². The van der Waals surface area contributed by atoms with Crippen molar-refractivity contribution in [1.29, 1.82) is 0 Å².